The van der Waals surface area contributed by atoms with Gasteiger partial charge in [0.2, 0.25) is 5.91 Å². The molecule has 1 aliphatic rings. The summed E-state index contributed by atoms with van der Waals surface area (Å²) in [6.45, 7) is 6.03. The SMILES string of the molecule is Cc1cc2nc(C)c(CCC(=O)Nc3cccc4c3CCCC4)c(C)n2n1. The van der Waals surface area contributed by atoms with Crippen molar-refractivity contribution in [3.8, 4) is 0 Å². The first-order valence-electron chi connectivity index (χ1n) is 9.76. The second-order valence-corrected chi connectivity index (χ2v) is 7.52. The lowest BCUT2D eigenvalue weighted by molar-refractivity contribution is -0.116. The van der Waals surface area contributed by atoms with E-state index < -0.39 is 0 Å². The lowest BCUT2D eigenvalue weighted by atomic mass is 9.90. The summed E-state index contributed by atoms with van der Waals surface area (Å²) in [6.07, 6.45) is 5.73. The lowest BCUT2D eigenvalue weighted by Crippen LogP contribution is -2.16. The van der Waals surface area contributed by atoms with Crippen LogP contribution in [0.5, 0.6) is 0 Å². The highest BCUT2D eigenvalue weighted by Gasteiger charge is 2.16. The smallest absolute Gasteiger partial charge is 0.224 e. The van der Waals surface area contributed by atoms with Crippen LogP contribution in [0.3, 0.4) is 0 Å². The van der Waals surface area contributed by atoms with Crippen molar-refractivity contribution in [1.29, 1.82) is 0 Å². The van der Waals surface area contributed by atoms with E-state index in [9.17, 15) is 4.79 Å². The summed E-state index contributed by atoms with van der Waals surface area (Å²) in [5.74, 6) is 0.0597. The predicted octanol–water partition coefficient (Wildman–Crippen LogP) is 4.10. The largest absolute Gasteiger partial charge is 0.326 e. The van der Waals surface area contributed by atoms with Crippen LogP contribution in [0, 0.1) is 20.8 Å². The maximum absolute atomic E-state index is 12.6. The number of nitrogens with one attached hydrogen (secondary N) is 1. The van der Waals surface area contributed by atoms with Gasteiger partial charge in [-0.15, -0.1) is 0 Å². The molecule has 0 unspecified atom stereocenters. The fourth-order valence-electron chi connectivity index (χ4n) is 4.15. The highest BCUT2D eigenvalue weighted by Crippen LogP contribution is 2.28. The molecule has 1 amide bonds. The Morgan fingerprint density at radius 3 is 2.85 bits per heavy atom. The minimum atomic E-state index is 0.0597. The highest BCUT2D eigenvalue weighted by molar-refractivity contribution is 5.92. The Labute approximate surface area is 159 Å². The number of hydrogen-bond donors (Lipinski definition) is 1. The fourth-order valence-corrected chi connectivity index (χ4v) is 4.15. The van der Waals surface area contributed by atoms with Crippen molar-refractivity contribution in [3.63, 3.8) is 0 Å². The van der Waals surface area contributed by atoms with Gasteiger partial charge in [-0.25, -0.2) is 9.50 Å². The van der Waals surface area contributed by atoms with Crippen molar-refractivity contribution in [2.75, 3.05) is 5.32 Å². The molecule has 1 N–H and O–H groups in total. The zero-order chi connectivity index (χ0) is 19.0. The number of fused-ring (bicyclic) bond motifs is 2. The number of hydrogen-bond acceptors (Lipinski definition) is 3. The molecule has 0 aliphatic heterocycles. The zero-order valence-corrected chi connectivity index (χ0v) is 16.3. The Morgan fingerprint density at radius 1 is 1.19 bits per heavy atom. The number of amides is 1. The summed E-state index contributed by atoms with van der Waals surface area (Å²) in [4.78, 5) is 17.3. The van der Waals surface area contributed by atoms with E-state index in [2.05, 4.69) is 28.4 Å². The van der Waals surface area contributed by atoms with Crippen LogP contribution >= 0.6 is 0 Å². The number of aryl methyl sites for hydroxylation is 4. The average molecular weight is 362 g/mol. The molecule has 0 fully saturated rings. The van der Waals surface area contributed by atoms with Crippen LogP contribution in [0.1, 0.15) is 53.0 Å². The second-order valence-electron chi connectivity index (χ2n) is 7.52. The van der Waals surface area contributed by atoms with Crippen molar-refractivity contribution in [1.82, 2.24) is 14.6 Å². The third-order valence-corrected chi connectivity index (χ3v) is 5.56. The van der Waals surface area contributed by atoms with Gasteiger partial charge in [-0.05, 0) is 75.6 Å². The molecule has 0 spiro atoms. The molecule has 140 valence electrons. The number of anilines is 1. The van der Waals surface area contributed by atoms with Crippen LogP contribution < -0.4 is 5.32 Å². The molecule has 27 heavy (non-hydrogen) atoms. The van der Waals surface area contributed by atoms with Gasteiger partial charge in [0.15, 0.2) is 5.65 Å². The Kier molecular flexibility index (Phi) is 4.68. The number of benzene rings is 1. The van der Waals surface area contributed by atoms with Gasteiger partial charge in [-0.2, -0.15) is 5.10 Å². The molecule has 0 saturated carbocycles. The van der Waals surface area contributed by atoms with Crippen LogP contribution in [0.15, 0.2) is 24.3 Å². The highest BCUT2D eigenvalue weighted by atomic mass is 16.1. The molecular weight excluding hydrogens is 336 g/mol. The molecule has 1 aliphatic carbocycles. The van der Waals surface area contributed by atoms with Crippen molar-refractivity contribution < 1.29 is 4.79 Å². The van der Waals surface area contributed by atoms with E-state index in [1.54, 1.807) is 0 Å². The quantitative estimate of drug-likeness (QED) is 0.760. The van der Waals surface area contributed by atoms with Crippen molar-refractivity contribution in [2.24, 2.45) is 0 Å². The summed E-state index contributed by atoms with van der Waals surface area (Å²) in [6, 6.07) is 8.24. The topological polar surface area (TPSA) is 59.3 Å². The van der Waals surface area contributed by atoms with E-state index in [4.69, 9.17) is 0 Å². The number of nitrogens with zero attached hydrogens (tertiary/aromatic N) is 3. The van der Waals surface area contributed by atoms with Crippen molar-refractivity contribution >= 4 is 17.2 Å². The first-order valence-corrected chi connectivity index (χ1v) is 9.76. The Morgan fingerprint density at radius 2 is 2.00 bits per heavy atom. The van der Waals surface area contributed by atoms with Crippen LogP contribution in [0.25, 0.3) is 5.65 Å². The number of carbonyl (C=O) groups is 1. The van der Waals surface area contributed by atoms with Gasteiger partial charge < -0.3 is 5.32 Å². The molecule has 0 atom stereocenters. The number of carbonyl (C=O) groups excluding carboxylic acids is 1. The van der Waals surface area contributed by atoms with Gasteiger partial charge in [0, 0.05) is 29.6 Å². The maximum atomic E-state index is 12.6. The minimum Gasteiger partial charge on any atom is -0.326 e. The van der Waals surface area contributed by atoms with E-state index in [1.165, 1.54) is 24.0 Å². The van der Waals surface area contributed by atoms with Crippen LogP contribution in [-0.4, -0.2) is 20.5 Å². The molecule has 0 saturated heterocycles. The Hall–Kier alpha value is -2.69. The molecule has 4 rings (SSSR count). The number of aromatic nitrogens is 3. The summed E-state index contributed by atoms with van der Waals surface area (Å²) < 4.78 is 1.88. The Bertz CT molecular complexity index is 1020. The van der Waals surface area contributed by atoms with Crippen LogP contribution in [0.2, 0.25) is 0 Å². The van der Waals surface area contributed by atoms with Gasteiger partial charge in [0.25, 0.3) is 0 Å². The standard InChI is InChI=1S/C22H26N4O/c1-14-13-21-23-15(2)18(16(3)26(21)25-14)11-12-22(27)24-20-10-6-8-17-7-4-5-9-19(17)20/h6,8,10,13H,4-5,7,9,11-12H2,1-3H3,(H,24,27). The van der Waals surface area contributed by atoms with Gasteiger partial charge in [0.1, 0.15) is 0 Å². The Balaban J connectivity index is 1.49. The van der Waals surface area contributed by atoms with Crippen LogP contribution in [-0.2, 0) is 24.1 Å². The summed E-state index contributed by atoms with van der Waals surface area (Å²) >= 11 is 0. The molecule has 2 heterocycles. The lowest BCUT2D eigenvalue weighted by Gasteiger charge is -2.19. The second kappa shape index (κ2) is 7.14. The van der Waals surface area contributed by atoms with E-state index in [0.29, 0.717) is 12.8 Å². The molecule has 0 radical (unpaired) electrons. The van der Waals surface area contributed by atoms with E-state index in [0.717, 1.165) is 46.8 Å². The fraction of sp³-hybridized carbons (Fsp3) is 0.409. The van der Waals surface area contributed by atoms with E-state index in [-0.39, 0.29) is 5.91 Å². The molecule has 5 nitrogen and oxygen atoms in total. The van der Waals surface area contributed by atoms with Crippen molar-refractivity contribution in [3.05, 3.63) is 58.0 Å². The van der Waals surface area contributed by atoms with Gasteiger partial charge >= 0.3 is 0 Å². The van der Waals surface area contributed by atoms with Gasteiger partial charge in [-0.3, -0.25) is 4.79 Å². The monoisotopic (exact) mass is 362 g/mol. The van der Waals surface area contributed by atoms with Crippen molar-refractivity contribution in [2.45, 2.75) is 59.3 Å². The molecule has 2 aromatic heterocycles. The summed E-state index contributed by atoms with van der Waals surface area (Å²) in [5, 5.41) is 7.65. The maximum Gasteiger partial charge on any atom is 0.224 e. The van der Waals surface area contributed by atoms with E-state index in [1.807, 2.05) is 36.6 Å². The molecule has 0 bridgehead atoms. The normalized spacial score (nSPS) is 13.6. The molecule has 1 aromatic carbocycles. The average Bonchev–Trinajstić information content (AvgIpc) is 3.02. The zero-order valence-electron chi connectivity index (χ0n) is 16.3. The minimum absolute atomic E-state index is 0.0597. The third kappa shape index (κ3) is 3.46. The van der Waals surface area contributed by atoms with Gasteiger partial charge in [-0.1, -0.05) is 12.1 Å². The van der Waals surface area contributed by atoms with Crippen LogP contribution in [0.4, 0.5) is 5.69 Å². The van der Waals surface area contributed by atoms with E-state index >= 15 is 0 Å². The third-order valence-electron chi connectivity index (χ3n) is 5.56. The molecule has 5 heteroatoms. The number of rotatable bonds is 4. The molecule has 3 aromatic rings. The first-order chi connectivity index (χ1) is 13.0. The predicted molar refractivity (Wildman–Crippen MR) is 107 cm³/mol. The summed E-state index contributed by atoms with van der Waals surface area (Å²) in [7, 11) is 0. The molecular formula is C22H26N4O. The van der Waals surface area contributed by atoms with Gasteiger partial charge in [0.05, 0.1) is 5.69 Å². The summed E-state index contributed by atoms with van der Waals surface area (Å²) in [5.41, 5.74) is 8.66. The first kappa shape index (κ1) is 17.7.